The molecule has 0 unspecified atom stereocenters. The fourth-order valence-corrected chi connectivity index (χ4v) is 3.99. The zero-order chi connectivity index (χ0) is 18.8. The number of hydrogen-bond donors (Lipinski definition) is 1. The van der Waals surface area contributed by atoms with Crippen LogP contribution in [0.4, 0.5) is 5.69 Å². The van der Waals surface area contributed by atoms with Gasteiger partial charge in [0, 0.05) is 29.3 Å². The minimum absolute atomic E-state index is 0.00460. The number of hydrogen-bond acceptors (Lipinski definition) is 5. The van der Waals surface area contributed by atoms with Crippen molar-refractivity contribution < 1.29 is 19.4 Å². The van der Waals surface area contributed by atoms with Gasteiger partial charge >= 0.3 is 0 Å². The van der Waals surface area contributed by atoms with E-state index in [1.54, 1.807) is 24.1 Å². The highest BCUT2D eigenvalue weighted by Gasteiger charge is 2.24. The van der Waals surface area contributed by atoms with Crippen LogP contribution in [-0.2, 0) is 4.79 Å². The summed E-state index contributed by atoms with van der Waals surface area (Å²) in [6.45, 7) is 3.28. The van der Waals surface area contributed by atoms with E-state index < -0.39 is 4.92 Å². The average molecular weight is 377 g/mol. The Labute approximate surface area is 154 Å². The minimum Gasteiger partial charge on any atom is -0.334 e. The molecule has 0 atom stereocenters. The number of non-ortho nitro benzene ring substituents is 1. The number of nitrogens with one attached hydrogen (secondary N) is 1. The fourth-order valence-electron chi connectivity index (χ4n) is 2.95. The van der Waals surface area contributed by atoms with Crippen molar-refractivity contribution in [2.75, 3.05) is 46.8 Å². The molecule has 1 N–H and O–H groups in total. The van der Waals surface area contributed by atoms with Gasteiger partial charge in [0.1, 0.15) is 0 Å². The van der Waals surface area contributed by atoms with Crippen LogP contribution in [0.2, 0.25) is 0 Å². The maximum absolute atomic E-state index is 12.6. The molecule has 1 saturated heterocycles. The van der Waals surface area contributed by atoms with Gasteiger partial charge in [0.25, 0.3) is 11.6 Å². The fraction of sp³-hybridized carbons (Fsp3) is 0.412. The predicted molar refractivity (Wildman–Crippen MR) is 98.6 cm³/mol. The van der Waals surface area contributed by atoms with Crippen molar-refractivity contribution in [3.8, 4) is 0 Å². The summed E-state index contributed by atoms with van der Waals surface area (Å²) in [5.74, 6) is -0.299. The number of carbonyl (C=O) groups is 2. The first-order valence-electron chi connectivity index (χ1n) is 8.37. The molecule has 9 heteroatoms. The molecule has 0 radical (unpaired) electrons. The summed E-state index contributed by atoms with van der Waals surface area (Å²) >= 11 is 1.28. The average Bonchev–Trinajstić information content (AvgIpc) is 3.04. The van der Waals surface area contributed by atoms with E-state index in [2.05, 4.69) is 7.05 Å². The standard InChI is InChI=1S/C17H20N4O4S/c1-18-5-7-20(8-6-18)16(22)11-19(2)17(23)15-10-12-9-13(21(24)25)3-4-14(12)26-15/h3-4,9-10H,5-8,11H2,1-2H3/p+1. The van der Waals surface area contributed by atoms with Gasteiger partial charge in [-0.1, -0.05) is 0 Å². The topological polar surface area (TPSA) is 88.2 Å². The molecule has 26 heavy (non-hydrogen) atoms. The second-order valence-electron chi connectivity index (χ2n) is 6.59. The van der Waals surface area contributed by atoms with Crippen molar-refractivity contribution in [2.45, 2.75) is 0 Å². The van der Waals surface area contributed by atoms with Crippen LogP contribution in [0, 0.1) is 10.1 Å². The maximum atomic E-state index is 12.6. The van der Waals surface area contributed by atoms with Crippen molar-refractivity contribution >= 4 is 38.9 Å². The van der Waals surface area contributed by atoms with Crippen LogP contribution in [0.5, 0.6) is 0 Å². The Hall–Kier alpha value is -2.52. The number of benzene rings is 1. The Balaban J connectivity index is 1.69. The summed E-state index contributed by atoms with van der Waals surface area (Å²) < 4.78 is 0.806. The van der Waals surface area contributed by atoms with Gasteiger partial charge in [0.05, 0.1) is 49.6 Å². The zero-order valence-electron chi connectivity index (χ0n) is 14.7. The molecule has 0 spiro atoms. The Morgan fingerprint density at radius 2 is 2.00 bits per heavy atom. The number of rotatable bonds is 4. The number of fused-ring (bicyclic) bond motifs is 1. The van der Waals surface area contributed by atoms with E-state index >= 15 is 0 Å². The Kier molecular flexibility index (Phi) is 5.19. The smallest absolute Gasteiger partial charge is 0.270 e. The van der Waals surface area contributed by atoms with Gasteiger partial charge in [-0.3, -0.25) is 19.7 Å². The van der Waals surface area contributed by atoms with Crippen LogP contribution in [-0.4, -0.2) is 73.4 Å². The first-order valence-corrected chi connectivity index (χ1v) is 9.19. The number of likely N-dealkylation sites (N-methyl/N-ethyl adjacent to an activating group) is 2. The van der Waals surface area contributed by atoms with Gasteiger partial charge in [-0.2, -0.15) is 0 Å². The molecule has 0 saturated carbocycles. The van der Waals surface area contributed by atoms with Crippen molar-refractivity contribution in [1.82, 2.24) is 9.80 Å². The second-order valence-corrected chi connectivity index (χ2v) is 7.67. The summed E-state index contributed by atoms with van der Waals surface area (Å²) in [5, 5.41) is 11.5. The lowest BCUT2D eigenvalue weighted by molar-refractivity contribution is -0.883. The summed E-state index contributed by atoms with van der Waals surface area (Å²) in [6, 6.07) is 6.18. The Morgan fingerprint density at radius 3 is 2.65 bits per heavy atom. The van der Waals surface area contributed by atoms with Crippen LogP contribution >= 0.6 is 11.3 Å². The van der Waals surface area contributed by atoms with Crippen LogP contribution in [0.15, 0.2) is 24.3 Å². The molecule has 2 amide bonds. The zero-order valence-corrected chi connectivity index (χ0v) is 15.5. The maximum Gasteiger partial charge on any atom is 0.270 e. The number of thiophene rings is 1. The number of piperazine rings is 1. The third-order valence-electron chi connectivity index (χ3n) is 4.61. The third-order valence-corrected chi connectivity index (χ3v) is 5.71. The van der Waals surface area contributed by atoms with E-state index in [4.69, 9.17) is 0 Å². The first kappa shape index (κ1) is 18.3. The normalized spacial score (nSPS) is 15.2. The largest absolute Gasteiger partial charge is 0.334 e. The van der Waals surface area contributed by atoms with Crippen LogP contribution < -0.4 is 4.90 Å². The molecule has 3 rings (SSSR count). The molecular formula is C17H21N4O4S+. The number of nitrogens with zero attached hydrogens (tertiary/aromatic N) is 3. The van der Waals surface area contributed by atoms with Gasteiger partial charge in [0.15, 0.2) is 0 Å². The van der Waals surface area contributed by atoms with Crippen molar-refractivity contribution in [2.24, 2.45) is 0 Å². The van der Waals surface area contributed by atoms with E-state index in [9.17, 15) is 19.7 Å². The third kappa shape index (κ3) is 3.83. The van der Waals surface area contributed by atoms with Crippen molar-refractivity contribution in [3.05, 3.63) is 39.3 Å². The summed E-state index contributed by atoms with van der Waals surface area (Å²) in [5.41, 5.74) is -0.00460. The molecule has 1 aromatic heterocycles. The van der Waals surface area contributed by atoms with Crippen LogP contribution in [0.25, 0.3) is 10.1 Å². The number of nitro groups is 1. The molecule has 2 heterocycles. The van der Waals surface area contributed by atoms with E-state index in [1.807, 2.05) is 0 Å². The lowest BCUT2D eigenvalue weighted by Gasteiger charge is -2.31. The van der Waals surface area contributed by atoms with Crippen LogP contribution in [0.1, 0.15) is 9.67 Å². The minimum atomic E-state index is -0.457. The van der Waals surface area contributed by atoms with Crippen molar-refractivity contribution in [3.63, 3.8) is 0 Å². The molecule has 138 valence electrons. The van der Waals surface area contributed by atoms with Gasteiger partial charge in [-0.25, -0.2) is 0 Å². The highest BCUT2D eigenvalue weighted by Crippen LogP contribution is 2.29. The van der Waals surface area contributed by atoms with Crippen LogP contribution in [0.3, 0.4) is 0 Å². The van der Waals surface area contributed by atoms with Gasteiger partial charge in [-0.05, 0) is 12.1 Å². The monoisotopic (exact) mass is 377 g/mol. The molecule has 1 aliphatic heterocycles. The number of amides is 2. The van der Waals surface area contributed by atoms with E-state index in [0.717, 1.165) is 17.8 Å². The quantitative estimate of drug-likeness (QED) is 0.611. The predicted octanol–water partition coefficient (Wildman–Crippen LogP) is 0.238. The van der Waals surface area contributed by atoms with Gasteiger partial charge in [0.2, 0.25) is 5.91 Å². The Bertz CT molecular complexity index is 858. The van der Waals surface area contributed by atoms with E-state index in [0.29, 0.717) is 23.4 Å². The SMILES string of the molecule is CN(CC(=O)N1CC[NH+](C)CC1)C(=O)c1cc2cc([N+](=O)[O-])ccc2s1. The lowest BCUT2D eigenvalue weighted by atomic mass is 10.2. The molecular weight excluding hydrogens is 356 g/mol. The van der Waals surface area contributed by atoms with Crippen molar-refractivity contribution in [1.29, 1.82) is 0 Å². The lowest BCUT2D eigenvalue weighted by Crippen LogP contribution is -3.12. The number of carbonyl (C=O) groups excluding carboxylic acids is 2. The molecule has 8 nitrogen and oxygen atoms in total. The summed E-state index contributed by atoms with van der Waals surface area (Å²) in [4.78, 5) is 40.5. The summed E-state index contributed by atoms with van der Waals surface area (Å²) in [6.07, 6.45) is 0. The second kappa shape index (κ2) is 7.38. The molecule has 1 fully saturated rings. The number of nitro benzene ring substituents is 1. The first-order chi connectivity index (χ1) is 12.3. The Morgan fingerprint density at radius 1 is 1.31 bits per heavy atom. The van der Waals surface area contributed by atoms with E-state index in [-0.39, 0.29) is 24.0 Å². The molecule has 0 aliphatic carbocycles. The molecule has 1 aromatic carbocycles. The molecule has 1 aliphatic rings. The van der Waals surface area contributed by atoms with Gasteiger partial charge in [-0.15, -0.1) is 11.3 Å². The van der Waals surface area contributed by atoms with Gasteiger partial charge < -0.3 is 14.7 Å². The summed E-state index contributed by atoms with van der Waals surface area (Å²) in [7, 11) is 3.71. The highest BCUT2D eigenvalue weighted by atomic mass is 32.1. The molecule has 2 aromatic rings. The number of quaternary nitrogens is 1. The van der Waals surface area contributed by atoms with E-state index in [1.165, 1.54) is 33.3 Å². The molecule has 0 bridgehead atoms. The highest BCUT2D eigenvalue weighted by molar-refractivity contribution is 7.20.